The molecule has 1 aromatic carbocycles. The highest BCUT2D eigenvalue weighted by molar-refractivity contribution is 9.10. The molecule has 3 N–H and O–H groups in total. The number of nitrogens with two attached hydrogens (primary N) is 1. The first-order chi connectivity index (χ1) is 6.06. The topological polar surface area (TPSA) is 46.2 Å². The summed E-state index contributed by atoms with van der Waals surface area (Å²) in [5, 5.41) is 8.84. The van der Waals surface area contributed by atoms with Crippen molar-refractivity contribution >= 4 is 15.9 Å². The van der Waals surface area contributed by atoms with E-state index < -0.39 is 5.54 Å². The Kier molecular flexibility index (Phi) is 3.47. The minimum absolute atomic E-state index is 0.111. The summed E-state index contributed by atoms with van der Waals surface area (Å²) in [7, 11) is 0. The van der Waals surface area contributed by atoms with E-state index in [-0.39, 0.29) is 6.61 Å². The Hall–Kier alpha value is -0.380. The highest BCUT2D eigenvalue weighted by Crippen LogP contribution is 2.23. The van der Waals surface area contributed by atoms with Crippen molar-refractivity contribution in [2.45, 2.75) is 18.9 Å². The van der Waals surface area contributed by atoms with E-state index in [1.54, 1.807) is 0 Å². The maximum Gasteiger partial charge on any atom is 0.0451 e. The molecule has 1 aromatic rings. The molecule has 13 heavy (non-hydrogen) atoms. The second-order valence-corrected chi connectivity index (χ2v) is 4.32. The van der Waals surface area contributed by atoms with Gasteiger partial charge < -0.3 is 10.8 Å². The molecule has 0 saturated heterocycles. The second-order valence-electron chi connectivity index (χ2n) is 3.40. The van der Waals surface area contributed by atoms with E-state index in [0.29, 0.717) is 6.42 Å². The molecule has 3 heteroatoms. The van der Waals surface area contributed by atoms with Crippen LogP contribution in [0.4, 0.5) is 0 Å². The van der Waals surface area contributed by atoms with Crippen molar-refractivity contribution in [1.82, 2.24) is 0 Å². The number of hydrogen-bond acceptors (Lipinski definition) is 2. The van der Waals surface area contributed by atoms with E-state index in [0.717, 1.165) is 10.0 Å². The van der Waals surface area contributed by atoms with Gasteiger partial charge in [-0.2, -0.15) is 0 Å². The zero-order chi connectivity index (χ0) is 9.90. The van der Waals surface area contributed by atoms with Gasteiger partial charge in [-0.1, -0.05) is 28.1 Å². The van der Waals surface area contributed by atoms with Crippen molar-refractivity contribution in [3.05, 3.63) is 34.3 Å². The molecule has 0 fully saturated rings. The number of hydrogen-bond donors (Lipinski definition) is 2. The van der Waals surface area contributed by atoms with Crippen LogP contribution >= 0.6 is 15.9 Å². The number of halogens is 1. The Morgan fingerprint density at radius 2 is 2.23 bits per heavy atom. The van der Waals surface area contributed by atoms with Crippen LogP contribution in [0.25, 0.3) is 0 Å². The fourth-order valence-electron chi connectivity index (χ4n) is 1.22. The molecule has 72 valence electrons. The smallest absolute Gasteiger partial charge is 0.0451 e. The zero-order valence-electron chi connectivity index (χ0n) is 7.63. The molecule has 0 heterocycles. The summed E-state index contributed by atoms with van der Waals surface area (Å²) in [6.07, 6.45) is 0.573. The fraction of sp³-hybridized carbons (Fsp3) is 0.400. The molecular formula is C10H14BrNO. The number of benzene rings is 1. The van der Waals surface area contributed by atoms with Crippen molar-refractivity contribution in [2.75, 3.05) is 6.61 Å². The first-order valence-electron chi connectivity index (χ1n) is 4.22. The predicted molar refractivity (Wildman–Crippen MR) is 57.4 cm³/mol. The molecule has 2 nitrogen and oxygen atoms in total. The van der Waals surface area contributed by atoms with Crippen LogP contribution in [-0.2, 0) is 5.54 Å². The molecule has 0 spiro atoms. The van der Waals surface area contributed by atoms with Crippen molar-refractivity contribution in [2.24, 2.45) is 5.73 Å². The average Bonchev–Trinajstić information content (AvgIpc) is 2.04. The Morgan fingerprint density at radius 3 is 2.77 bits per heavy atom. The third-order valence-electron chi connectivity index (χ3n) is 2.12. The molecule has 0 amide bonds. The van der Waals surface area contributed by atoms with Gasteiger partial charge in [-0.25, -0.2) is 0 Å². The third kappa shape index (κ3) is 2.79. The summed E-state index contributed by atoms with van der Waals surface area (Å²) in [5.41, 5.74) is 6.63. The quantitative estimate of drug-likeness (QED) is 0.854. The van der Waals surface area contributed by atoms with Crippen LogP contribution in [0.1, 0.15) is 18.9 Å². The lowest BCUT2D eigenvalue weighted by Crippen LogP contribution is -2.33. The maximum atomic E-state index is 8.84. The Labute approximate surface area is 86.9 Å². The van der Waals surface area contributed by atoms with Gasteiger partial charge in [0.05, 0.1) is 0 Å². The first kappa shape index (κ1) is 10.7. The van der Waals surface area contributed by atoms with Crippen LogP contribution in [0.2, 0.25) is 0 Å². The molecule has 0 bridgehead atoms. The molecule has 1 rings (SSSR count). The minimum atomic E-state index is -0.446. The maximum absolute atomic E-state index is 8.84. The molecular weight excluding hydrogens is 230 g/mol. The number of aliphatic hydroxyl groups is 1. The van der Waals surface area contributed by atoms with Crippen molar-refractivity contribution in [3.63, 3.8) is 0 Å². The molecule has 0 radical (unpaired) electrons. The van der Waals surface area contributed by atoms with Crippen LogP contribution in [0.3, 0.4) is 0 Å². The summed E-state index contributed by atoms with van der Waals surface area (Å²) >= 11 is 3.39. The van der Waals surface area contributed by atoms with Crippen LogP contribution in [0, 0.1) is 0 Å². The van der Waals surface area contributed by atoms with Crippen LogP contribution < -0.4 is 5.73 Å². The fourth-order valence-corrected chi connectivity index (χ4v) is 1.62. The van der Waals surface area contributed by atoms with E-state index >= 15 is 0 Å². The molecule has 0 unspecified atom stereocenters. The summed E-state index contributed by atoms with van der Waals surface area (Å²) in [5.74, 6) is 0. The van der Waals surface area contributed by atoms with Gasteiger partial charge in [0.2, 0.25) is 0 Å². The van der Waals surface area contributed by atoms with Gasteiger partial charge in [0.25, 0.3) is 0 Å². The average molecular weight is 244 g/mol. The molecule has 0 aliphatic heterocycles. The molecule has 0 aliphatic carbocycles. The summed E-state index contributed by atoms with van der Waals surface area (Å²) in [6.45, 7) is 2.03. The lowest BCUT2D eigenvalue weighted by atomic mass is 9.90. The van der Waals surface area contributed by atoms with Gasteiger partial charge in [0, 0.05) is 16.6 Å². The number of rotatable bonds is 3. The molecule has 0 aliphatic rings. The first-order valence-corrected chi connectivity index (χ1v) is 5.01. The molecule has 0 saturated carbocycles. The second kappa shape index (κ2) is 4.22. The normalized spacial score (nSPS) is 15.4. The Morgan fingerprint density at radius 1 is 1.54 bits per heavy atom. The van der Waals surface area contributed by atoms with Crippen molar-refractivity contribution in [1.29, 1.82) is 0 Å². The Balaban J connectivity index is 2.93. The van der Waals surface area contributed by atoms with Crippen molar-refractivity contribution in [3.8, 4) is 0 Å². The predicted octanol–water partition coefficient (Wildman–Crippen LogP) is 2.01. The van der Waals surface area contributed by atoms with E-state index in [1.807, 2.05) is 31.2 Å². The van der Waals surface area contributed by atoms with Gasteiger partial charge in [-0.05, 0) is 31.0 Å². The molecule has 1 atom stereocenters. The monoisotopic (exact) mass is 243 g/mol. The van der Waals surface area contributed by atoms with Crippen LogP contribution in [0.15, 0.2) is 28.7 Å². The summed E-state index contributed by atoms with van der Waals surface area (Å²) in [6, 6.07) is 7.86. The van der Waals surface area contributed by atoms with Gasteiger partial charge in [0.1, 0.15) is 0 Å². The standard InChI is InChI=1S/C10H14BrNO/c1-10(12,5-6-13)8-3-2-4-9(11)7-8/h2-4,7,13H,5-6,12H2,1H3/t10-/m0/s1. The van der Waals surface area contributed by atoms with E-state index in [4.69, 9.17) is 10.8 Å². The zero-order valence-corrected chi connectivity index (χ0v) is 9.21. The molecule has 0 aromatic heterocycles. The highest BCUT2D eigenvalue weighted by atomic mass is 79.9. The Bertz CT molecular complexity index is 286. The lowest BCUT2D eigenvalue weighted by Gasteiger charge is -2.24. The van der Waals surface area contributed by atoms with Crippen LogP contribution in [0.5, 0.6) is 0 Å². The van der Waals surface area contributed by atoms with E-state index in [9.17, 15) is 0 Å². The minimum Gasteiger partial charge on any atom is -0.396 e. The SMILES string of the molecule is C[C@](N)(CCO)c1cccc(Br)c1. The van der Waals surface area contributed by atoms with Gasteiger partial charge in [-0.15, -0.1) is 0 Å². The van der Waals surface area contributed by atoms with Crippen LogP contribution in [-0.4, -0.2) is 11.7 Å². The van der Waals surface area contributed by atoms with Gasteiger partial charge >= 0.3 is 0 Å². The van der Waals surface area contributed by atoms with E-state index in [1.165, 1.54) is 0 Å². The van der Waals surface area contributed by atoms with Gasteiger partial charge in [0.15, 0.2) is 0 Å². The third-order valence-corrected chi connectivity index (χ3v) is 2.61. The summed E-state index contributed by atoms with van der Waals surface area (Å²) < 4.78 is 1.01. The lowest BCUT2D eigenvalue weighted by molar-refractivity contribution is 0.247. The largest absolute Gasteiger partial charge is 0.396 e. The number of aliphatic hydroxyl groups excluding tert-OH is 1. The summed E-state index contributed by atoms with van der Waals surface area (Å²) in [4.78, 5) is 0. The van der Waals surface area contributed by atoms with E-state index in [2.05, 4.69) is 15.9 Å². The van der Waals surface area contributed by atoms with Gasteiger partial charge in [-0.3, -0.25) is 0 Å². The highest BCUT2D eigenvalue weighted by Gasteiger charge is 2.20. The van der Waals surface area contributed by atoms with Crippen molar-refractivity contribution < 1.29 is 5.11 Å².